The van der Waals surface area contributed by atoms with E-state index in [9.17, 15) is 5.26 Å². The number of benzene rings is 2. The molecule has 1 aliphatic carbocycles. The predicted molar refractivity (Wildman–Crippen MR) is 94.9 cm³/mol. The van der Waals surface area contributed by atoms with E-state index >= 15 is 0 Å². The van der Waals surface area contributed by atoms with Crippen LogP contribution in [0.5, 0.6) is 0 Å². The third-order valence-corrected chi connectivity index (χ3v) is 4.94. The van der Waals surface area contributed by atoms with E-state index in [0.29, 0.717) is 0 Å². The second-order valence-corrected chi connectivity index (χ2v) is 6.56. The summed E-state index contributed by atoms with van der Waals surface area (Å²) in [4.78, 5) is 2.50. The number of rotatable bonds is 4. The van der Waals surface area contributed by atoms with Crippen molar-refractivity contribution in [3.05, 3.63) is 59.7 Å². The van der Waals surface area contributed by atoms with Crippen LogP contribution < -0.4 is 0 Å². The molecule has 0 radical (unpaired) electrons. The van der Waals surface area contributed by atoms with Crippen LogP contribution in [0.2, 0.25) is 0 Å². The second-order valence-electron chi connectivity index (χ2n) is 6.56. The Morgan fingerprint density at radius 1 is 1.00 bits per heavy atom. The summed E-state index contributed by atoms with van der Waals surface area (Å²) < 4.78 is 0. The molecule has 2 aromatic carbocycles. The summed E-state index contributed by atoms with van der Waals surface area (Å²) in [6.45, 7) is 1.00. The van der Waals surface area contributed by atoms with Crippen molar-refractivity contribution in [2.45, 2.75) is 44.7 Å². The van der Waals surface area contributed by atoms with E-state index in [2.05, 4.69) is 42.3 Å². The summed E-state index contributed by atoms with van der Waals surface area (Å²) in [7, 11) is 2.24. The average Bonchev–Trinajstić information content (AvgIpc) is 2.63. The van der Waals surface area contributed by atoms with Crippen molar-refractivity contribution in [1.29, 1.82) is 5.26 Å². The maximum atomic E-state index is 9.24. The van der Waals surface area contributed by atoms with Crippen LogP contribution in [0.3, 0.4) is 0 Å². The summed E-state index contributed by atoms with van der Waals surface area (Å²) in [5.41, 5.74) is 4.21. The van der Waals surface area contributed by atoms with Crippen LogP contribution in [0.25, 0.3) is 11.1 Å². The fraction of sp³-hybridized carbons (Fsp3) is 0.381. The van der Waals surface area contributed by atoms with Gasteiger partial charge in [-0.25, -0.2) is 0 Å². The molecule has 1 saturated carbocycles. The molecule has 0 saturated heterocycles. The summed E-state index contributed by atoms with van der Waals surface area (Å²) in [6.07, 6.45) is 6.82. The van der Waals surface area contributed by atoms with Crippen LogP contribution in [0, 0.1) is 11.3 Å². The van der Waals surface area contributed by atoms with E-state index in [1.807, 2.05) is 24.3 Å². The second kappa shape index (κ2) is 7.44. The van der Waals surface area contributed by atoms with Crippen molar-refractivity contribution in [1.82, 2.24) is 4.90 Å². The molecule has 0 unspecified atom stereocenters. The van der Waals surface area contributed by atoms with E-state index in [4.69, 9.17) is 0 Å². The Morgan fingerprint density at radius 3 is 2.39 bits per heavy atom. The normalized spacial score (nSPS) is 15.5. The number of hydrogen-bond donors (Lipinski definition) is 0. The minimum atomic E-state index is 0.736. The smallest absolute Gasteiger partial charge is 0.0998 e. The lowest BCUT2D eigenvalue weighted by Crippen LogP contribution is -2.32. The first-order valence-corrected chi connectivity index (χ1v) is 8.56. The highest BCUT2D eigenvalue weighted by molar-refractivity contribution is 5.70. The Hall–Kier alpha value is -2.11. The molecule has 118 valence electrons. The lowest BCUT2D eigenvalue weighted by Gasteiger charge is -2.31. The Balaban J connectivity index is 1.71. The summed E-state index contributed by atoms with van der Waals surface area (Å²) in [5, 5.41) is 9.24. The third kappa shape index (κ3) is 3.81. The molecule has 1 fully saturated rings. The van der Waals surface area contributed by atoms with Gasteiger partial charge in [0.05, 0.1) is 11.6 Å². The van der Waals surface area contributed by atoms with Crippen LogP contribution in [-0.4, -0.2) is 18.0 Å². The van der Waals surface area contributed by atoms with E-state index in [1.165, 1.54) is 37.7 Å². The highest BCUT2D eigenvalue weighted by Crippen LogP contribution is 2.25. The molecule has 1 aliphatic rings. The summed E-state index contributed by atoms with van der Waals surface area (Å²) in [6, 6.07) is 19.5. The molecular formula is C21H24N2. The number of nitriles is 1. The van der Waals surface area contributed by atoms with Gasteiger partial charge in [0, 0.05) is 12.6 Å². The molecule has 3 rings (SSSR count). The number of hydrogen-bond acceptors (Lipinski definition) is 2. The van der Waals surface area contributed by atoms with Crippen molar-refractivity contribution in [2.75, 3.05) is 7.05 Å². The number of nitrogens with zero attached hydrogens (tertiary/aromatic N) is 2. The van der Waals surface area contributed by atoms with Crippen LogP contribution in [0.4, 0.5) is 0 Å². The lowest BCUT2D eigenvalue weighted by atomic mass is 9.94. The molecule has 0 spiro atoms. The van der Waals surface area contributed by atoms with Crippen molar-refractivity contribution in [2.24, 2.45) is 0 Å². The molecule has 0 aliphatic heterocycles. The van der Waals surface area contributed by atoms with Gasteiger partial charge in [-0.15, -0.1) is 0 Å². The molecule has 2 nitrogen and oxygen atoms in total. The van der Waals surface area contributed by atoms with E-state index in [-0.39, 0.29) is 0 Å². The molecule has 2 heteroatoms. The molecule has 2 aromatic rings. The predicted octanol–water partition coefficient (Wildman–Crippen LogP) is 4.99. The molecule has 0 heterocycles. The van der Waals surface area contributed by atoms with Gasteiger partial charge in [-0.3, -0.25) is 4.90 Å². The van der Waals surface area contributed by atoms with Crippen LogP contribution in [0.1, 0.15) is 43.2 Å². The van der Waals surface area contributed by atoms with Crippen molar-refractivity contribution in [3.63, 3.8) is 0 Å². The maximum Gasteiger partial charge on any atom is 0.0998 e. The SMILES string of the molecule is CN(Cc1ccc(-c2ccccc2C#N)cc1)C1CCCCC1. The van der Waals surface area contributed by atoms with Gasteiger partial charge in [0.1, 0.15) is 0 Å². The molecule has 23 heavy (non-hydrogen) atoms. The minimum absolute atomic E-state index is 0.736. The standard InChI is InChI=1S/C21H24N2/c1-23(20-8-3-2-4-9-20)16-17-11-13-18(14-12-17)21-10-6-5-7-19(21)15-22/h5-7,10-14,20H,2-4,8-9,16H2,1H3. The zero-order valence-corrected chi connectivity index (χ0v) is 13.8. The Labute approximate surface area is 139 Å². The first kappa shape index (κ1) is 15.8. The molecule has 0 N–H and O–H groups in total. The fourth-order valence-corrected chi connectivity index (χ4v) is 3.56. The molecule has 0 amide bonds. The lowest BCUT2D eigenvalue weighted by molar-refractivity contribution is 0.184. The average molecular weight is 304 g/mol. The first-order chi connectivity index (χ1) is 11.3. The van der Waals surface area contributed by atoms with Crippen molar-refractivity contribution >= 4 is 0 Å². The van der Waals surface area contributed by atoms with Gasteiger partial charge in [0.15, 0.2) is 0 Å². The van der Waals surface area contributed by atoms with E-state index in [0.717, 1.165) is 29.3 Å². The highest BCUT2D eigenvalue weighted by Gasteiger charge is 2.17. The van der Waals surface area contributed by atoms with E-state index < -0.39 is 0 Å². The quantitative estimate of drug-likeness (QED) is 0.795. The van der Waals surface area contributed by atoms with Crippen molar-refractivity contribution < 1.29 is 0 Å². The van der Waals surface area contributed by atoms with Crippen LogP contribution >= 0.6 is 0 Å². The zero-order chi connectivity index (χ0) is 16.1. The maximum absolute atomic E-state index is 9.24. The Bertz CT molecular complexity index is 676. The summed E-state index contributed by atoms with van der Waals surface area (Å²) in [5.74, 6) is 0. The van der Waals surface area contributed by atoms with Crippen molar-refractivity contribution in [3.8, 4) is 17.2 Å². The van der Waals surface area contributed by atoms with Crippen LogP contribution in [0.15, 0.2) is 48.5 Å². The van der Waals surface area contributed by atoms with Gasteiger partial charge in [0.25, 0.3) is 0 Å². The summed E-state index contributed by atoms with van der Waals surface area (Å²) >= 11 is 0. The zero-order valence-electron chi connectivity index (χ0n) is 13.8. The molecular weight excluding hydrogens is 280 g/mol. The topological polar surface area (TPSA) is 27.0 Å². The largest absolute Gasteiger partial charge is 0.299 e. The fourth-order valence-electron chi connectivity index (χ4n) is 3.56. The van der Waals surface area contributed by atoms with Gasteiger partial charge in [0.2, 0.25) is 0 Å². The Kier molecular flexibility index (Phi) is 5.10. The third-order valence-electron chi connectivity index (χ3n) is 4.94. The monoisotopic (exact) mass is 304 g/mol. The minimum Gasteiger partial charge on any atom is -0.299 e. The van der Waals surface area contributed by atoms with Gasteiger partial charge in [-0.2, -0.15) is 5.26 Å². The van der Waals surface area contributed by atoms with Gasteiger partial charge >= 0.3 is 0 Å². The molecule has 0 bridgehead atoms. The van der Waals surface area contributed by atoms with Gasteiger partial charge in [-0.05, 0) is 42.6 Å². The van der Waals surface area contributed by atoms with Gasteiger partial charge in [-0.1, -0.05) is 61.7 Å². The molecule has 0 atom stereocenters. The van der Waals surface area contributed by atoms with Crippen LogP contribution in [-0.2, 0) is 6.54 Å². The Morgan fingerprint density at radius 2 is 1.70 bits per heavy atom. The molecule has 0 aromatic heterocycles. The first-order valence-electron chi connectivity index (χ1n) is 8.56. The highest BCUT2D eigenvalue weighted by atomic mass is 15.1. The van der Waals surface area contributed by atoms with E-state index in [1.54, 1.807) is 0 Å². The van der Waals surface area contributed by atoms with Gasteiger partial charge < -0.3 is 0 Å².